The summed E-state index contributed by atoms with van der Waals surface area (Å²) in [5.74, 6) is 0.722. The summed E-state index contributed by atoms with van der Waals surface area (Å²) in [6.07, 6.45) is 8.10. The Balaban J connectivity index is 2.11. The lowest BCUT2D eigenvalue weighted by Crippen LogP contribution is -2.35. The molecular formula is C14H25N3O. The summed E-state index contributed by atoms with van der Waals surface area (Å²) in [4.78, 5) is 0. The Hall–Kier alpha value is -0.870. The van der Waals surface area contributed by atoms with Crippen molar-refractivity contribution in [2.45, 2.75) is 45.3 Å². The first-order chi connectivity index (χ1) is 8.76. The highest BCUT2D eigenvalue weighted by atomic mass is 16.5. The lowest BCUT2D eigenvalue weighted by atomic mass is 10.0. The van der Waals surface area contributed by atoms with Gasteiger partial charge in [0, 0.05) is 25.4 Å². The quantitative estimate of drug-likeness (QED) is 0.770. The lowest BCUT2D eigenvalue weighted by Gasteiger charge is -2.27. The lowest BCUT2D eigenvalue weighted by molar-refractivity contribution is 0.0186. The van der Waals surface area contributed by atoms with Crippen LogP contribution in [0.1, 0.15) is 44.7 Å². The van der Waals surface area contributed by atoms with Crippen molar-refractivity contribution in [1.82, 2.24) is 15.1 Å². The molecule has 2 atom stereocenters. The van der Waals surface area contributed by atoms with E-state index in [4.69, 9.17) is 4.74 Å². The van der Waals surface area contributed by atoms with Crippen LogP contribution >= 0.6 is 0 Å². The van der Waals surface area contributed by atoms with Crippen molar-refractivity contribution in [3.63, 3.8) is 0 Å². The third-order valence-electron chi connectivity index (χ3n) is 3.47. The normalized spacial score (nSPS) is 18.8. The minimum absolute atomic E-state index is 0.283. The predicted octanol–water partition coefficient (Wildman–Crippen LogP) is 2.28. The zero-order chi connectivity index (χ0) is 13.0. The average Bonchev–Trinajstić information content (AvgIpc) is 3.11. The Bertz CT molecular complexity index is 360. The van der Waals surface area contributed by atoms with Gasteiger partial charge < -0.3 is 10.1 Å². The molecule has 4 heteroatoms. The van der Waals surface area contributed by atoms with Crippen molar-refractivity contribution in [1.29, 1.82) is 0 Å². The number of hydrogen-bond donors (Lipinski definition) is 1. The molecule has 0 saturated heterocycles. The minimum Gasteiger partial charge on any atom is -0.376 e. The van der Waals surface area contributed by atoms with Crippen molar-refractivity contribution in [3.05, 3.63) is 18.0 Å². The molecule has 1 aromatic heterocycles. The standard InChI is InChI=1S/C14H25N3O/c1-4-8-15-13(12-9-16-17(3)10-12)14(18-5-2)11-6-7-11/h9-11,13-15H,4-8H2,1-3H3. The SMILES string of the molecule is CCCNC(c1cnn(C)c1)C(OCC)C1CC1. The number of hydrogen-bond acceptors (Lipinski definition) is 3. The molecule has 0 aromatic carbocycles. The molecular weight excluding hydrogens is 226 g/mol. The average molecular weight is 251 g/mol. The van der Waals surface area contributed by atoms with E-state index in [1.54, 1.807) is 0 Å². The molecule has 0 radical (unpaired) electrons. The molecule has 0 spiro atoms. The fourth-order valence-corrected chi connectivity index (χ4v) is 2.45. The number of aromatic nitrogens is 2. The van der Waals surface area contributed by atoms with Gasteiger partial charge >= 0.3 is 0 Å². The summed E-state index contributed by atoms with van der Waals surface area (Å²) in [6, 6.07) is 0.283. The molecule has 18 heavy (non-hydrogen) atoms. The summed E-state index contributed by atoms with van der Waals surface area (Å²) in [5.41, 5.74) is 1.25. The van der Waals surface area contributed by atoms with Gasteiger partial charge in [0.1, 0.15) is 0 Å². The van der Waals surface area contributed by atoms with Crippen LogP contribution in [0.4, 0.5) is 0 Å². The molecule has 0 amide bonds. The number of nitrogens with one attached hydrogen (secondary N) is 1. The number of rotatable bonds is 8. The van der Waals surface area contributed by atoms with Gasteiger partial charge in [-0.1, -0.05) is 6.92 Å². The van der Waals surface area contributed by atoms with Gasteiger partial charge in [-0.3, -0.25) is 4.68 Å². The predicted molar refractivity (Wildman–Crippen MR) is 72.4 cm³/mol. The highest BCUT2D eigenvalue weighted by Crippen LogP contribution is 2.40. The molecule has 2 unspecified atom stereocenters. The molecule has 1 fully saturated rings. The second kappa shape index (κ2) is 6.34. The van der Waals surface area contributed by atoms with E-state index in [9.17, 15) is 0 Å². The van der Waals surface area contributed by atoms with Crippen LogP contribution in [-0.2, 0) is 11.8 Å². The second-order valence-corrected chi connectivity index (χ2v) is 5.14. The van der Waals surface area contributed by atoms with E-state index in [1.165, 1.54) is 18.4 Å². The van der Waals surface area contributed by atoms with Crippen LogP contribution in [0.15, 0.2) is 12.4 Å². The first kappa shape index (κ1) is 13.6. The first-order valence-corrected chi connectivity index (χ1v) is 7.09. The molecule has 1 aromatic rings. The topological polar surface area (TPSA) is 39.1 Å². The molecule has 1 aliphatic carbocycles. The zero-order valence-electron chi connectivity index (χ0n) is 11.7. The van der Waals surface area contributed by atoms with E-state index in [-0.39, 0.29) is 6.04 Å². The Morgan fingerprint density at radius 1 is 1.50 bits per heavy atom. The van der Waals surface area contributed by atoms with Gasteiger partial charge in [-0.05, 0) is 38.6 Å². The van der Waals surface area contributed by atoms with Crippen LogP contribution in [0, 0.1) is 5.92 Å². The van der Waals surface area contributed by atoms with Gasteiger partial charge in [0.25, 0.3) is 0 Å². The molecule has 2 rings (SSSR count). The van der Waals surface area contributed by atoms with Crippen LogP contribution in [-0.4, -0.2) is 29.0 Å². The molecule has 1 aliphatic rings. The van der Waals surface area contributed by atoms with E-state index in [0.29, 0.717) is 6.10 Å². The smallest absolute Gasteiger partial charge is 0.0798 e. The number of aryl methyl sites for hydroxylation is 1. The molecule has 102 valence electrons. The maximum Gasteiger partial charge on any atom is 0.0798 e. The number of nitrogens with zero attached hydrogens (tertiary/aromatic N) is 2. The molecule has 1 heterocycles. The summed E-state index contributed by atoms with van der Waals surface area (Å²) in [5, 5.41) is 7.92. The largest absolute Gasteiger partial charge is 0.376 e. The van der Waals surface area contributed by atoms with E-state index in [0.717, 1.165) is 25.5 Å². The summed E-state index contributed by atoms with van der Waals surface area (Å²) < 4.78 is 7.86. The Morgan fingerprint density at radius 3 is 2.78 bits per heavy atom. The van der Waals surface area contributed by atoms with Gasteiger partial charge in [0.2, 0.25) is 0 Å². The monoisotopic (exact) mass is 251 g/mol. The summed E-state index contributed by atoms with van der Waals surface area (Å²) in [7, 11) is 1.97. The zero-order valence-corrected chi connectivity index (χ0v) is 11.7. The Labute approximate surface area is 110 Å². The van der Waals surface area contributed by atoms with Crippen LogP contribution in [0.2, 0.25) is 0 Å². The minimum atomic E-state index is 0.283. The van der Waals surface area contributed by atoms with Crippen LogP contribution in [0.3, 0.4) is 0 Å². The van der Waals surface area contributed by atoms with Gasteiger partial charge in [-0.25, -0.2) is 0 Å². The highest BCUT2D eigenvalue weighted by molar-refractivity contribution is 5.14. The summed E-state index contributed by atoms with van der Waals surface area (Å²) in [6.45, 7) is 6.08. The van der Waals surface area contributed by atoms with Crippen molar-refractivity contribution >= 4 is 0 Å². The first-order valence-electron chi connectivity index (χ1n) is 7.09. The maximum absolute atomic E-state index is 5.99. The van der Waals surface area contributed by atoms with Crippen molar-refractivity contribution in [2.24, 2.45) is 13.0 Å². The highest BCUT2D eigenvalue weighted by Gasteiger charge is 2.38. The van der Waals surface area contributed by atoms with Crippen molar-refractivity contribution in [2.75, 3.05) is 13.2 Å². The number of ether oxygens (including phenoxy) is 1. The molecule has 1 saturated carbocycles. The Morgan fingerprint density at radius 2 is 2.28 bits per heavy atom. The van der Waals surface area contributed by atoms with E-state index in [2.05, 4.69) is 30.5 Å². The van der Waals surface area contributed by atoms with Crippen LogP contribution in [0.5, 0.6) is 0 Å². The molecule has 4 nitrogen and oxygen atoms in total. The van der Waals surface area contributed by atoms with E-state index >= 15 is 0 Å². The van der Waals surface area contributed by atoms with Crippen molar-refractivity contribution < 1.29 is 4.74 Å². The third kappa shape index (κ3) is 3.33. The van der Waals surface area contributed by atoms with Gasteiger partial charge in [-0.15, -0.1) is 0 Å². The maximum atomic E-state index is 5.99. The van der Waals surface area contributed by atoms with Gasteiger partial charge in [-0.2, -0.15) is 5.10 Å². The summed E-state index contributed by atoms with van der Waals surface area (Å²) >= 11 is 0. The molecule has 0 bridgehead atoms. The van der Waals surface area contributed by atoms with E-state index in [1.807, 2.05) is 17.9 Å². The van der Waals surface area contributed by atoms with Crippen LogP contribution in [0.25, 0.3) is 0 Å². The van der Waals surface area contributed by atoms with E-state index < -0.39 is 0 Å². The fourth-order valence-electron chi connectivity index (χ4n) is 2.45. The molecule has 0 aliphatic heterocycles. The van der Waals surface area contributed by atoms with Crippen molar-refractivity contribution in [3.8, 4) is 0 Å². The second-order valence-electron chi connectivity index (χ2n) is 5.14. The Kier molecular flexibility index (Phi) is 4.78. The molecule has 1 N–H and O–H groups in total. The third-order valence-corrected chi connectivity index (χ3v) is 3.47. The van der Waals surface area contributed by atoms with Crippen LogP contribution < -0.4 is 5.32 Å². The van der Waals surface area contributed by atoms with Gasteiger partial charge in [0.15, 0.2) is 0 Å². The van der Waals surface area contributed by atoms with Gasteiger partial charge in [0.05, 0.1) is 18.3 Å². The fraction of sp³-hybridized carbons (Fsp3) is 0.786.